The fraction of sp³-hybridized carbons (Fsp3) is 0.538. The van der Waals surface area contributed by atoms with Gasteiger partial charge in [-0.2, -0.15) is 4.98 Å². The van der Waals surface area contributed by atoms with Crippen LogP contribution in [0.25, 0.3) is 0 Å². The molecule has 1 fully saturated rings. The van der Waals surface area contributed by atoms with E-state index >= 15 is 0 Å². The molecule has 132 valence electrons. The minimum absolute atomic E-state index is 0.0401. The Bertz CT molecular complexity index is 693. The number of esters is 2. The number of carbonyl (C=O) groups excluding carboxylic acids is 2. The van der Waals surface area contributed by atoms with E-state index in [2.05, 4.69) is 4.98 Å². The second-order valence-electron chi connectivity index (χ2n) is 5.05. The van der Waals surface area contributed by atoms with Gasteiger partial charge in [0.25, 0.3) is 0 Å². The number of ether oxygens (including phenoxy) is 3. The summed E-state index contributed by atoms with van der Waals surface area (Å²) >= 11 is 0. The molecule has 0 radical (unpaired) electrons. The van der Waals surface area contributed by atoms with E-state index in [4.69, 9.17) is 19.4 Å². The van der Waals surface area contributed by atoms with Crippen LogP contribution in [0.2, 0.25) is 0 Å². The molecule has 1 aromatic rings. The molecule has 11 heteroatoms. The second kappa shape index (κ2) is 7.36. The maximum atomic E-state index is 13.7. The number of rotatable bonds is 5. The third-order valence-electron chi connectivity index (χ3n) is 3.27. The quantitative estimate of drug-likeness (QED) is 0.558. The van der Waals surface area contributed by atoms with Gasteiger partial charge < -0.3 is 14.2 Å². The van der Waals surface area contributed by atoms with Gasteiger partial charge in [-0.3, -0.25) is 19.4 Å². The molecule has 0 bridgehead atoms. The monoisotopic (exact) mass is 345 g/mol. The maximum absolute atomic E-state index is 13.7. The minimum atomic E-state index is -0.979. The van der Waals surface area contributed by atoms with Gasteiger partial charge in [0.2, 0.25) is 0 Å². The Kier molecular flexibility index (Phi) is 5.46. The van der Waals surface area contributed by atoms with Crippen LogP contribution in [0, 0.1) is 5.82 Å². The standard InChI is InChI=1S/C13H16FN3O7/c1-6(18)22-5-10-9(23-7(2)19)3-11(24-10)17-4-8(14)12(16-21)15-13(17)20/h4,9-11,21H,3,5H2,1-2H3,(H,15,16,20)/t9-,10+,11+/m0/s1. The summed E-state index contributed by atoms with van der Waals surface area (Å²) in [5, 5.41) is 8.67. The fourth-order valence-corrected chi connectivity index (χ4v) is 2.29. The Morgan fingerprint density at radius 2 is 2.21 bits per heavy atom. The molecule has 2 N–H and O–H groups in total. The lowest BCUT2D eigenvalue weighted by atomic mass is 10.2. The average molecular weight is 345 g/mol. The van der Waals surface area contributed by atoms with E-state index in [1.165, 1.54) is 19.3 Å². The fourth-order valence-electron chi connectivity index (χ4n) is 2.29. The van der Waals surface area contributed by atoms with Crippen molar-refractivity contribution >= 4 is 17.8 Å². The molecule has 0 aliphatic carbocycles. The molecule has 2 rings (SSSR count). The molecule has 0 saturated carbocycles. The molecule has 3 atom stereocenters. The van der Waals surface area contributed by atoms with E-state index < -0.39 is 47.7 Å². The van der Waals surface area contributed by atoms with Crippen molar-refractivity contribution in [3.05, 3.63) is 22.5 Å². The molecule has 1 aliphatic rings. The zero-order valence-electron chi connectivity index (χ0n) is 12.9. The lowest BCUT2D eigenvalue weighted by Gasteiger charge is -2.17. The minimum Gasteiger partial charge on any atom is -0.463 e. The van der Waals surface area contributed by atoms with E-state index in [1.54, 1.807) is 0 Å². The third-order valence-corrected chi connectivity index (χ3v) is 3.27. The van der Waals surface area contributed by atoms with Crippen LogP contribution in [-0.4, -0.2) is 45.5 Å². The number of carbonyl (C=O) groups is 2. The first-order valence-corrected chi connectivity index (χ1v) is 6.96. The number of hydrogen-bond acceptors (Lipinski definition) is 9. The first-order chi connectivity index (χ1) is 11.3. The van der Waals surface area contributed by atoms with Crippen LogP contribution in [0.1, 0.15) is 26.5 Å². The van der Waals surface area contributed by atoms with Crippen molar-refractivity contribution in [3.8, 4) is 0 Å². The topological polar surface area (TPSA) is 129 Å². The van der Waals surface area contributed by atoms with Crippen LogP contribution in [0.3, 0.4) is 0 Å². The summed E-state index contributed by atoms with van der Waals surface area (Å²) in [7, 11) is 0. The van der Waals surface area contributed by atoms with Gasteiger partial charge in [0.1, 0.15) is 25.0 Å². The zero-order chi connectivity index (χ0) is 17.9. The van der Waals surface area contributed by atoms with Crippen molar-refractivity contribution < 1.29 is 33.4 Å². The van der Waals surface area contributed by atoms with Gasteiger partial charge in [0, 0.05) is 20.3 Å². The van der Waals surface area contributed by atoms with Crippen molar-refractivity contribution in [1.29, 1.82) is 0 Å². The van der Waals surface area contributed by atoms with Gasteiger partial charge in [0.05, 0.1) is 6.20 Å². The lowest BCUT2D eigenvalue weighted by Crippen LogP contribution is -2.31. The van der Waals surface area contributed by atoms with E-state index in [1.807, 2.05) is 0 Å². The highest BCUT2D eigenvalue weighted by atomic mass is 19.1. The molecule has 0 amide bonds. The first kappa shape index (κ1) is 17.8. The van der Waals surface area contributed by atoms with Gasteiger partial charge in [-0.15, -0.1) is 0 Å². The molecule has 0 spiro atoms. The molecule has 24 heavy (non-hydrogen) atoms. The van der Waals surface area contributed by atoms with Crippen molar-refractivity contribution in [2.45, 2.75) is 38.7 Å². The van der Waals surface area contributed by atoms with E-state index in [-0.39, 0.29) is 13.0 Å². The van der Waals surface area contributed by atoms with Crippen molar-refractivity contribution in [1.82, 2.24) is 9.55 Å². The lowest BCUT2D eigenvalue weighted by molar-refractivity contribution is -0.155. The van der Waals surface area contributed by atoms with Crippen LogP contribution in [0.4, 0.5) is 10.2 Å². The van der Waals surface area contributed by atoms with Crippen molar-refractivity contribution in [2.24, 2.45) is 0 Å². The molecule has 1 aromatic heterocycles. The summed E-state index contributed by atoms with van der Waals surface area (Å²) < 4.78 is 30.0. The zero-order valence-corrected chi connectivity index (χ0v) is 12.9. The molecular formula is C13H16FN3O7. The summed E-state index contributed by atoms with van der Waals surface area (Å²) in [6.07, 6.45) is -1.72. The van der Waals surface area contributed by atoms with Crippen molar-refractivity contribution in [3.63, 3.8) is 0 Å². The highest BCUT2D eigenvalue weighted by molar-refractivity contribution is 5.66. The van der Waals surface area contributed by atoms with Gasteiger partial charge in [-0.25, -0.2) is 14.7 Å². The van der Waals surface area contributed by atoms with Crippen LogP contribution in [-0.2, 0) is 23.8 Å². The number of halogens is 1. The number of nitrogens with zero attached hydrogens (tertiary/aromatic N) is 2. The number of aromatic nitrogens is 2. The second-order valence-corrected chi connectivity index (χ2v) is 5.05. The molecule has 0 aromatic carbocycles. The predicted molar refractivity (Wildman–Crippen MR) is 74.6 cm³/mol. The van der Waals surface area contributed by atoms with Gasteiger partial charge >= 0.3 is 17.6 Å². The Morgan fingerprint density at radius 3 is 2.79 bits per heavy atom. The molecule has 0 unspecified atom stereocenters. The van der Waals surface area contributed by atoms with Crippen molar-refractivity contribution in [2.75, 3.05) is 12.1 Å². The molecule has 1 saturated heterocycles. The smallest absolute Gasteiger partial charge is 0.351 e. The third kappa shape index (κ3) is 4.06. The number of nitrogens with one attached hydrogen (secondary N) is 1. The highest BCUT2D eigenvalue weighted by Gasteiger charge is 2.39. The van der Waals surface area contributed by atoms with Gasteiger partial charge in [-0.05, 0) is 0 Å². The predicted octanol–water partition coefficient (Wildman–Crippen LogP) is -0.0342. The first-order valence-electron chi connectivity index (χ1n) is 6.96. The molecule has 1 aliphatic heterocycles. The number of hydrogen-bond donors (Lipinski definition) is 2. The van der Waals surface area contributed by atoms with Gasteiger partial charge in [-0.1, -0.05) is 0 Å². The summed E-state index contributed by atoms with van der Waals surface area (Å²) in [5.41, 5.74) is 0.581. The van der Waals surface area contributed by atoms with Crippen LogP contribution < -0.4 is 11.2 Å². The summed E-state index contributed by atoms with van der Waals surface area (Å²) in [6, 6.07) is 0. The Hall–Kier alpha value is -2.53. The largest absolute Gasteiger partial charge is 0.463 e. The van der Waals surface area contributed by atoms with E-state index in [9.17, 15) is 18.8 Å². The van der Waals surface area contributed by atoms with Gasteiger partial charge in [0.15, 0.2) is 11.6 Å². The average Bonchev–Trinajstić information content (AvgIpc) is 2.88. The summed E-state index contributed by atoms with van der Waals surface area (Å²) in [6.45, 7) is 2.22. The van der Waals surface area contributed by atoms with Crippen LogP contribution in [0.5, 0.6) is 0 Å². The maximum Gasteiger partial charge on any atom is 0.351 e. The Morgan fingerprint density at radius 1 is 1.50 bits per heavy atom. The number of anilines is 1. The van der Waals surface area contributed by atoms with Crippen LogP contribution >= 0.6 is 0 Å². The SMILES string of the molecule is CC(=O)OC[C@H]1O[C@@H](n2cc(F)c(NO)nc2=O)C[C@@H]1OC(C)=O. The summed E-state index contributed by atoms with van der Waals surface area (Å²) in [5.74, 6) is -2.73. The summed E-state index contributed by atoms with van der Waals surface area (Å²) in [4.78, 5) is 37.3. The van der Waals surface area contributed by atoms with E-state index in [0.29, 0.717) is 0 Å². The molecule has 2 heterocycles. The van der Waals surface area contributed by atoms with E-state index in [0.717, 1.165) is 10.8 Å². The molecule has 10 nitrogen and oxygen atoms in total. The Balaban J connectivity index is 2.22. The Labute approximate surface area is 135 Å². The molecular weight excluding hydrogens is 329 g/mol. The normalized spacial score (nSPS) is 22.9. The van der Waals surface area contributed by atoms with Crippen LogP contribution in [0.15, 0.2) is 11.0 Å². The highest BCUT2D eigenvalue weighted by Crippen LogP contribution is 2.30.